The standard InChI is InChI=1S/C11H6BrNO2S/c12-7-4-16-10-9(7)6-3-5(14)1-2-8(6)13-11(10)15/h1-4,14H,(H,13,15). The summed E-state index contributed by atoms with van der Waals surface area (Å²) in [5.41, 5.74) is 0.637. The van der Waals surface area contributed by atoms with Crippen molar-refractivity contribution >= 4 is 48.3 Å². The second-order valence-electron chi connectivity index (χ2n) is 3.47. The fraction of sp³-hybridized carbons (Fsp3) is 0. The van der Waals surface area contributed by atoms with E-state index in [1.165, 1.54) is 11.3 Å². The summed E-state index contributed by atoms with van der Waals surface area (Å²) in [6.45, 7) is 0. The van der Waals surface area contributed by atoms with Crippen LogP contribution in [0.5, 0.6) is 5.75 Å². The number of hydrogen-bond acceptors (Lipinski definition) is 3. The number of phenols is 1. The first-order chi connectivity index (χ1) is 7.66. The third-order valence-electron chi connectivity index (χ3n) is 2.47. The van der Waals surface area contributed by atoms with Gasteiger partial charge < -0.3 is 10.1 Å². The number of pyridine rings is 1. The van der Waals surface area contributed by atoms with E-state index in [4.69, 9.17) is 0 Å². The molecular formula is C11H6BrNO2S. The van der Waals surface area contributed by atoms with Gasteiger partial charge in [0, 0.05) is 26.1 Å². The van der Waals surface area contributed by atoms with Crippen LogP contribution in [0.1, 0.15) is 0 Å². The third kappa shape index (κ3) is 1.28. The lowest BCUT2D eigenvalue weighted by Gasteiger charge is -2.01. The van der Waals surface area contributed by atoms with Gasteiger partial charge in [0.1, 0.15) is 10.4 Å². The molecule has 3 aromatic rings. The van der Waals surface area contributed by atoms with Gasteiger partial charge >= 0.3 is 0 Å². The normalized spacial score (nSPS) is 11.3. The van der Waals surface area contributed by atoms with E-state index in [1.807, 2.05) is 5.38 Å². The Morgan fingerprint density at radius 3 is 3.00 bits per heavy atom. The number of H-pyrrole nitrogens is 1. The SMILES string of the molecule is O=c1[nH]c2ccc(O)cc2c2c(Br)csc12. The number of hydrogen-bond donors (Lipinski definition) is 2. The van der Waals surface area contributed by atoms with Crippen molar-refractivity contribution in [3.05, 3.63) is 38.4 Å². The van der Waals surface area contributed by atoms with Gasteiger partial charge in [0.2, 0.25) is 0 Å². The molecule has 5 heteroatoms. The molecule has 0 atom stereocenters. The molecule has 0 aliphatic heterocycles. The molecule has 0 aliphatic carbocycles. The first-order valence-corrected chi connectivity index (χ1v) is 6.26. The Hall–Kier alpha value is -1.33. The van der Waals surface area contributed by atoms with Crippen LogP contribution in [0.2, 0.25) is 0 Å². The van der Waals surface area contributed by atoms with Gasteiger partial charge in [0.15, 0.2) is 0 Å². The Bertz CT molecular complexity index is 760. The molecule has 0 radical (unpaired) electrons. The predicted octanol–water partition coefficient (Wildman–Crippen LogP) is 3.21. The van der Waals surface area contributed by atoms with Crippen LogP contribution in [-0.2, 0) is 0 Å². The molecule has 0 saturated heterocycles. The first-order valence-electron chi connectivity index (χ1n) is 4.58. The summed E-state index contributed by atoms with van der Waals surface area (Å²) in [5, 5.41) is 13.1. The summed E-state index contributed by atoms with van der Waals surface area (Å²) >= 11 is 4.81. The molecule has 16 heavy (non-hydrogen) atoms. The second-order valence-corrected chi connectivity index (χ2v) is 5.21. The first kappa shape index (κ1) is 9.86. The van der Waals surface area contributed by atoms with E-state index in [0.717, 1.165) is 20.8 Å². The van der Waals surface area contributed by atoms with Crippen molar-refractivity contribution in [1.29, 1.82) is 0 Å². The number of rotatable bonds is 0. The lowest BCUT2D eigenvalue weighted by molar-refractivity contribution is 0.476. The van der Waals surface area contributed by atoms with Gasteiger partial charge in [-0.05, 0) is 34.1 Å². The number of halogens is 1. The summed E-state index contributed by atoms with van der Waals surface area (Å²) in [5.74, 6) is 0.193. The van der Waals surface area contributed by atoms with Crippen molar-refractivity contribution < 1.29 is 5.11 Å². The van der Waals surface area contributed by atoms with E-state index < -0.39 is 0 Å². The van der Waals surface area contributed by atoms with Gasteiger partial charge in [-0.15, -0.1) is 11.3 Å². The maximum atomic E-state index is 11.8. The Balaban J connectivity index is 2.69. The van der Waals surface area contributed by atoms with Gasteiger partial charge in [-0.2, -0.15) is 0 Å². The summed E-state index contributed by atoms with van der Waals surface area (Å²) in [7, 11) is 0. The minimum atomic E-state index is -0.0936. The highest BCUT2D eigenvalue weighted by Gasteiger charge is 2.10. The molecule has 0 fully saturated rings. The molecule has 0 unspecified atom stereocenters. The van der Waals surface area contributed by atoms with Crippen molar-refractivity contribution in [2.24, 2.45) is 0 Å². The fourth-order valence-electron chi connectivity index (χ4n) is 1.78. The predicted molar refractivity (Wildman–Crippen MR) is 69.3 cm³/mol. The molecule has 3 rings (SSSR count). The number of thiophene rings is 1. The number of aromatic amines is 1. The number of benzene rings is 1. The quantitative estimate of drug-likeness (QED) is 0.669. The zero-order valence-electron chi connectivity index (χ0n) is 7.95. The molecule has 0 bridgehead atoms. The summed E-state index contributed by atoms with van der Waals surface area (Å²) in [4.78, 5) is 14.6. The number of aromatic nitrogens is 1. The van der Waals surface area contributed by atoms with Crippen LogP contribution in [0, 0.1) is 0 Å². The Morgan fingerprint density at radius 2 is 2.19 bits per heavy atom. The third-order valence-corrected chi connectivity index (χ3v) is 4.38. The summed E-state index contributed by atoms with van der Waals surface area (Å²) in [6.07, 6.45) is 0. The van der Waals surface area contributed by atoms with E-state index in [-0.39, 0.29) is 11.3 Å². The Morgan fingerprint density at radius 1 is 1.38 bits per heavy atom. The molecule has 3 nitrogen and oxygen atoms in total. The lowest BCUT2D eigenvalue weighted by Crippen LogP contribution is -2.03. The van der Waals surface area contributed by atoms with Crippen molar-refractivity contribution in [3.8, 4) is 5.75 Å². The van der Waals surface area contributed by atoms with Gasteiger partial charge in [-0.25, -0.2) is 0 Å². The zero-order chi connectivity index (χ0) is 11.3. The van der Waals surface area contributed by atoms with Crippen molar-refractivity contribution in [2.45, 2.75) is 0 Å². The van der Waals surface area contributed by atoms with Gasteiger partial charge in [-0.1, -0.05) is 0 Å². The van der Waals surface area contributed by atoms with Crippen LogP contribution in [0.15, 0.2) is 32.8 Å². The highest BCUT2D eigenvalue weighted by molar-refractivity contribution is 9.10. The maximum absolute atomic E-state index is 11.8. The molecule has 0 saturated carbocycles. The second kappa shape index (κ2) is 3.33. The Labute approximate surface area is 102 Å². The molecule has 1 aromatic carbocycles. The molecule has 2 heterocycles. The van der Waals surface area contributed by atoms with Gasteiger partial charge in [0.05, 0.1) is 0 Å². The number of fused-ring (bicyclic) bond motifs is 3. The van der Waals surface area contributed by atoms with Gasteiger partial charge in [-0.3, -0.25) is 4.79 Å². The van der Waals surface area contributed by atoms with Crippen LogP contribution < -0.4 is 5.56 Å². The van der Waals surface area contributed by atoms with E-state index >= 15 is 0 Å². The van der Waals surface area contributed by atoms with Crippen LogP contribution in [0.25, 0.3) is 21.0 Å². The molecule has 0 spiro atoms. The van der Waals surface area contributed by atoms with Crippen LogP contribution >= 0.6 is 27.3 Å². The molecule has 0 aliphatic rings. The number of nitrogens with one attached hydrogen (secondary N) is 1. The number of aromatic hydroxyl groups is 1. The molecular weight excluding hydrogens is 290 g/mol. The molecule has 2 aromatic heterocycles. The fourth-order valence-corrected chi connectivity index (χ4v) is 3.44. The molecule has 80 valence electrons. The largest absolute Gasteiger partial charge is 0.508 e. The zero-order valence-corrected chi connectivity index (χ0v) is 10.4. The summed E-state index contributed by atoms with van der Waals surface area (Å²) in [6, 6.07) is 4.92. The highest BCUT2D eigenvalue weighted by atomic mass is 79.9. The minimum Gasteiger partial charge on any atom is -0.508 e. The monoisotopic (exact) mass is 295 g/mol. The number of phenolic OH excluding ortho intramolecular Hbond substituents is 1. The molecule has 0 amide bonds. The minimum absolute atomic E-state index is 0.0936. The van der Waals surface area contributed by atoms with E-state index in [9.17, 15) is 9.90 Å². The van der Waals surface area contributed by atoms with Crippen molar-refractivity contribution in [2.75, 3.05) is 0 Å². The average molecular weight is 296 g/mol. The van der Waals surface area contributed by atoms with Crippen LogP contribution in [0.3, 0.4) is 0 Å². The smallest absolute Gasteiger partial charge is 0.266 e. The van der Waals surface area contributed by atoms with Crippen LogP contribution in [0.4, 0.5) is 0 Å². The molecule has 2 N–H and O–H groups in total. The topological polar surface area (TPSA) is 53.1 Å². The van der Waals surface area contributed by atoms with E-state index in [2.05, 4.69) is 20.9 Å². The summed E-state index contributed by atoms with van der Waals surface area (Å²) < 4.78 is 1.55. The van der Waals surface area contributed by atoms with Gasteiger partial charge in [0.25, 0.3) is 5.56 Å². The van der Waals surface area contributed by atoms with E-state index in [1.54, 1.807) is 18.2 Å². The Kier molecular flexibility index (Phi) is 2.05. The van der Waals surface area contributed by atoms with E-state index in [0.29, 0.717) is 4.70 Å². The highest BCUT2D eigenvalue weighted by Crippen LogP contribution is 2.34. The maximum Gasteiger partial charge on any atom is 0.266 e. The average Bonchev–Trinajstić information content (AvgIpc) is 2.63. The van der Waals surface area contributed by atoms with Crippen LogP contribution in [-0.4, -0.2) is 10.1 Å². The van der Waals surface area contributed by atoms with Crippen molar-refractivity contribution in [1.82, 2.24) is 4.98 Å². The lowest BCUT2D eigenvalue weighted by atomic mass is 10.1. The van der Waals surface area contributed by atoms with Crippen molar-refractivity contribution in [3.63, 3.8) is 0 Å².